The molecule has 0 radical (unpaired) electrons. The number of hydrogen-bond acceptors (Lipinski definition) is 2. The molecule has 0 bridgehead atoms. The fraction of sp³-hybridized carbons (Fsp3) is 0.462. The third-order valence-electron chi connectivity index (χ3n) is 2.95. The van der Waals surface area contributed by atoms with Crippen molar-refractivity contribution in [3.8, 4) is 0 Å². The predicted molar refractivity (Wildman–Crippen MR) is 67.3 cm³/mol. The van der Waals surface area contributed by atoms with Gasteiger partial charge in [0, 0.05) is 0 Å². The lowest BCUT2D eigenvalue weighted by Crippen LogP contribution is -2.11. The quantitative estimate of drug-likeness (QED) is 0.827. The van der Waals surface area contributed by atoms with Crippen molar-refractivity contribution in [3.05, 3.63) is 29.6 Å². The highest BCUT2D eigenvalue weighted by molar-refractivity contribution is 5.78. The lowest BCUT2D eigenvalue weighted by atomic mass is 10.1. The average Bonchev–Trinajstić information content (AvgIpc) is 2.71. The zero-order chi connectivity index (χ0) is 11.5. The van der Waals surface area contributed by atoms with E-state index in [2.05, 4.69) is 29.9 Å². The minimum atomic E-state index is 0.0340. The molecule has 86 valence electrons. The van der Waals surface area contributed by atoms with E-state index in [9.17, 15) is 0 Å². The van der Waals surface area contributed by atoms with Gasteiger partial charge in [0.1, 0.15) is 5.82 Å². The van der Waals surface area contributed by atoms with Gasteiger partial charge >= 0.3 is 0 Å². The van der Waals surface area contributed by atoms with E-state index in [1.165, 1.54) is 12.0 Å². The highest BCUT2D eigenvalue weighted by Gasteiger charge is 2.11. The van der Waals surface area contributed by atoms with Crippen molar-refractivity contribution in [1.82, 2.24) is 9.97 Å². The van der Waals surface area contributed by atoms with Gasteiger partial charge in [-0.3, -0.25) is 0 Å². The Kier molecular flexibility index (Phi) is 3.25. The molecule has 0 amide bonds. The number of imidazole rings is 1. The molecule has 0 saturated heterocycles. The second kappa shape index (κ2) is 4.66. The Morgan fingerprint density at radius 3 is 2.94 bits per heavy atom. The first-order chi connectivity index (χ1) is 7.72. The van der Waals surface area contributed by atoms with Gasteiger partial charge in [0.25, 0.3) is 0 Å². The van der Waals surface area contributed by atoms with Gasteiger partial charge in [-0.25, -0.2) is 4.98 Å². The standard InChI is InChI=1S/C13H19N3/c1-3-4-7-10(14)13-15-11-8-5-6-9(2)12(11)16-13/h5-6,8,10H,3-4,7,14H2,1-2H3,(H,15,16)/t10-/m0/s1. The summed E-state index contributed by atoms with van der Waals surface area (Å²) < 4.78 is 0. The molecule has 1 heterocycles. The first-order valence-corrected chi connectivity index (χ1v) is 5.93. The second-order valence-corrected chi connectivity index (χ2v) is 4.34. The number of unbranched alkanes of at least 4 members (excludes halogenated alkanes) is 1. The van der Waals surface area contributed by atoms with Crippen LogP contribution in [-0.2, 0) is 0 Å². The maximum absolute atomic E-state index is 6.10. The number of para-hydroxylation sites is 1. The van der Waals surface area contributed by atoms with Crippen molar-refractivity contribution in [2.24, 2.45) is 5.73 Å². The number of hydrogen-bond donors (Lipinski definition) is 2. The van der Waals surface area contributed by atoms with Crippen molar-refractivity contribution in [3.63, 3.8) is 0 Å². The number of aryl methyl sites for hydroxylation is 1. The van der Waals surface area contributed by atoms with Gasteiger partial charge < -0.3 is 10.7 Å². The molecule has 1 atom stereocenters. The number of benzene rings is 1. The Balaban J connectivity index is 2.29. The second-order valence-electron chi connectivity index (χ2n) is 4.34. The van der Waals surface area contributed by atoms with Gasteiger partial charge in [-0.05, 0) is 25.0 Å². The summed E-state index contributed by atoms with van der Waals surface area (Å²) in [5, 5.41) is 0. The smallest absolute Gasteiger partial charge is 0.124 e. The zero-order valence-corrected chi connectivity index (χ0v) is 9.96. The largest absolute Gasteiger partial charge is 0.341 e. The van der Waals surface area contributed by atoms with Crippen molar-refractivity contribution in [2.75, 3.05) is 0 Å². The van der Waals surface area contributed by atoms with E-state index in [0.29, 0.717) is 0 Å². The van der Waals surface area contributed by atoms with Gasteiger partial charge in [0.05, 0.1) is 17.1 Å². The van der Waals surface area contributed by atoms with Crippen molar-refractivity contribution < 1.29 is 0 Å². The monoisotopic (exact) mass is 217 g/mol. The first kappa shape index (κ1) is 11.1. The molecule has 3 nitrogen and oxygen atoms in total. The number of fused-ring (bicyclic) bond motifs is 1. The van der Waals surface area contributed by atoms with Crippen LogP contribution in [0.3, 0.4) is 0 Å². The molecule has 2 rings (SSSR count). The summed E-state index contributed by atoms with van der Waals surface area (Å²) in [7, 11) is 0. The molecule has 0 saturated carbocycles. The van der Waals surface area contributed by atoms with E-state index in [0.717, 1.165) is 29.7 Å². The molecule has 2 aromatic rings. The molecule has 0 aliphatic heterocycles. The molecule has 0 unspecified atom stereocenters. The lowest BCUT2D eigenvalue weighted by molar-refractivity contribution is 0.581. The van der Waals surface area contributed by atoms with E-state index in [1.54, 1.807) is 0 Å². The van der Waals surface area contributed by atoms with Crippen LogP contribution in [0.4, 0.5) is 0 Å². The number of nitrogens with two attached hydrogens (primary N) is 1. The molecule has 3 heteroatoms. The highest BCUT2D eigenvalue weighted by Crippen LogP contribution is 2.20. The van der Waals surface area contributed by atoms with Crippen LogP contribution in [0.1, 0.15) is 43.6 Å². The third kappa shape index (κ3) is 2.09. The molecule has 16 heavy (non-hydrogen) atoms. The Labute approximate surface area is 96.1 Å². The highest BCUT2D eigenvalue weighted by atomic mass is 15.0. The number of aromatic nitrogens is 2. The predicted octanol–water partition coefficient (Wildman–Crippen LogP) is 3.06. The fourth-order valence-corrected chi connectivity index (χ4v) is 1.93. The summed E-state index contributed by atoms with van der Waals surface area (Å²) in [6.45, 7) is 4.25. The molecular formula is C13H19N3. The van der Waals surface area contributed by atoms with Gasteiger partial charge in [-0.2, -0.15) is 0 Å². The van der Waals surface area contributed by atoms with Crippen LogP contribution in [-0.4, -0.2) is 9.97 Å². The van der Waals surface area contributed by atoms with Gasteiger partial charge in [0.15, 0.2) is 0 Å². The molecule has 0 spiro atoms. The van der Waals surface area contributed by atoms with Crippen LogP contribution in [0.2, 0.25) is 0 Å². The number of nitrogens with one attached hydrogen (secondary N) is 1. The fourth-order valence-electron chi connectivity index (χ4n) is 1.93. The summed E-state index contributed by atoms with van der Waals surface area (Å²) >= 11 is 0. The first-order valence-electron chi connectivity index (χ1n) is 5.93. The van der Waals surface area contributed by atoms with Gasteiger partial charge in [-0.15, -0.1) is 0 Å². The van der Waals surface area contributed by atoms with Crippen LogP contribution < -0.4 is 5.73 Å². The molecule has 1 aromatic heterocycles. The summed E-state index contributed by atoms with van der Waals surface area (Å²) in [4.78, 5) is 7.89. The molecule has 0 aliphatic rings. The van der Waals surface area contributed by atoms with Crippen LogP contribution in [0.15, 0.2) is 18.2 Å². The Bertz CT molecular complexity index is 473. The SMILES string of the molecule is CCCC[C@H](N)c1nc2c(C)cccc2[nH]1. The summed E-state index contributed by atoms with van der Waals surface area (Å²) in [5.41, 5.74) is 9.43. The van der Waals surface area contributed by atoms with Crippen LogP contribution in [0, 0.1) is 6.92 Å². The van der Waals surface area contributed by atoms with E-state index in [4.69, 9.17) is 5.73 Å². The minimum absolute atomic E-state index is 0.0340. The number of rotatable bonds is 4. The van der Waals surface area contributed by atoms with Crippen LogP contribution in [0.5, 0.6) is 0 Å². The Hall–Kier alpha value is -1.35. The Morgan fingerprint density at radius 2 is 2.25 bits per heavy atom. The number of nitrogens with zero attached hydrogens (tertiary/aromatic N) is 1. The topological polar surface area (TPSA) is 54.7 Å². The van der Waals surface area contributed by atoms with E-state index in [1.807, 2.05) is 12.1 Å². The Morgan fingerprint density at radius 1 is 1.44 bits per heavy atom. The maximum atomic E-state index is 6.10. The number of aromatic amines is 1. The van der Waals surface area contributed by atoms with Gasteiger partial charge in [0.2, 0.25) is 0 Å². The summed E-state index contributed by atoms with van der Waals surface area (Å²) in [6.07, 6.45) is 3.32. The zero-order valence-electron chi connectivity index (χ0n) is 9.96. The van der Waals surface area contributed by atoms with E-state index >= 15 is 0 Å². The minimum Gasteiger partial charge on any atom is -0.341 e. The van der Waals surface area contributed by atoms with Crippen molar-refractivity contribution >= 4 is 11.0 Å². The molecule has 0 fully saturated rings. The van der Waals surface area contributed by atoms with Crippen molar-refractivity contribution in [1.29, 1.82) is 0 Å². The van der Waals surface area contributed by atoms with Gasteiger partial charge in [-0.1, -0.05) is 31.9 Å². The molecular weight excluding hydrogens is 198 g/mol. The summed E-state index contributed by atoms with van der Waals surface area (Å²) in [6, 6.07) is 6.19. The third-order valence-corrected chi connectivity index (χ3v) is 2.95. The van der Waals surface area contributed by atoms with Crippen LogP contribution >= 0.6 is 0 Å². The summed E-state index contributed by atoms with van der Waals surface area (Å²) in [5.74, 6) is 0.915. The maximum Gasteiger partial charge on any atom is 0.124 e. The van der Waals surface area contributed by atoms with Crippen LogP contribution in [0.25, 0.3) is 11.0 Å². The average molecular weight is 217 g/mol. The van der Waals surface area contributed by atoms with E-state index in [-0.39, 0.29) is 6.04 Å². The molecule has 3 N–H and O–H groups in total. The van der Waals surface area contributed by atoms with Crippen molar-refractivity contribution in [2.45, 2.75) is 39.2 Å². The van der Waals surface area contributed by atoms with E-state index < -0.39 is 0 Å². The normalized spacial score (nSPS) is 13.2. The lowest BCUT2D eigenvalue weighted by Gasteiger charge is -2.06. The molecule has 0 aliphatic carbocycles. The molecule has 1 aromatic carbocycles. The number of H-pyrrole nitrogens is 1.